The Balaban J connectivity index is 1.44. The van der Waals surface area contributed by atoms with Gasteiger partial charge < -0.3 is 19.4 Å². The second-order valence-electron chi connectivity index (χ2n) is 6.37. The lowest BCUT2D eigenvalue weighted by atomic mass is 9.94. The maximum Gasteiger partial charge on any atom is 0.586 e. The number of aromatic nitrogens is 2. The van der Waals surface area contributed by atoms with Crippen molar-refractivity contribution in [3.05, 3.63) is 42.0 Å². The first-order chi connectivity index (χ1) is 11.9. The number of benzene rings is 1. The molecule has 132 valence electrons. The van der Waals surface area contributed by atoms with Crippen LogP contribution >= 0.6 is 0 Å². The van der Waals surface area contributed by atoms with Gasteiger partial charge >= 0.3 is 6.29 Å². The highest BCUT2D eigenvalue weighted by atomic mass is 19.3. The van der Waals surface area contributed by atoms with Gasteiger partial charge in [-0.25, -0.2) is 4.98 Å². The smallest absolute Gasteiger partial charge is 0.395 e. The summed E-state index contributed by atoms with van der Waals surface area (Å²) in [7, 11) is 1.90. The van der Waals surface area contributed by atoms with E-state index in [9.17, 15) is 13.6 Å². The molecule has 1 N–H and O–H groups in total. The number of halogens is 2. The molecular formula is C17H17F2N3O3. The van der Waals surface area contributed by atoms with E-state index in [2.05, 4.69) is 19.8 Å². The third-order valence-corrected chi connectivity index (χ3v) is 4.69. The van der Waals surface area contributed by atoms with Gasteiger partial charge in [0, 0.05) is 32.4 Å². The van der Waals surface area contributed by atoms with Crippen LogP contribution in [0, 0.1) is 0 Å². The van der Waals surface area contributed by atoms with Crippen molar-refractivity contribution in [3.8, 4) is 11.5 Å². The SMILES string of the molecule is Cn1ccnc1CCNC(=O)C1(c2ccc3c(c2)OC(F)(F)O3)CC1. The minimum absolute atomic E-state index is 0.0141. The van der Waals surface area contributed by atoms with Crippen LogP contribution in [0.25, 0.3) is 0 Å². The lowest BCUT2D eigenvalue weighted by molar-refractivity contribution is -0.286. The number of carbonyl (C=O) groups is 1. The van der Waals surface area contributed by atoms with Gasteiger partial charge in [0.05, 0.1) is 5.41 Å². The molecule has 2 aromatic rings. The number of rotatable bonds is 5. The fourth-order valence-corrected chi connectivity index (χ4v) is 3.11. The van der Waals surface area contributed by atoms with Gasteiger partial charge in [-0.15, -0.1) is 8.78 Å². The summed E-state index contributed by atoms with van der Waals surface area (Å²) >= 11 is 0. The lowest BCUT2D eigenvalue weighted by Crippen LogP contribution is -2.36. The summed E-state index contributed by atoms with van der Waals surface area (Å²) in [4.78, 5) is 16.8. The number of imidazole rings is 1. The van der Waals surface area contributed by atoms with Crippen LogP contribution < -0.4 is 14.8 Å². The first-order valence-electron chi connectivity index (χ1n) is 8.04. The lowest BCUT2D eigenvalue weighted by Gasteiger charge is -2.16. The second-order valence-corrected chi connectivity index (χ2v) is 6.37. The molecule has 0 spiro atoms. The molecule has 25 heavy (non-hydrogen) atoms. The Hall–Kier alpha value is -2.64. The van der Waals surface area contributed by atoms with E-state index in [4.69, 9.17) is 0 Å². The third-order valence-electron chi connectivity index (χ3n) is 4.69. The number of aryl methyl sites for hydroxylation is 1. The molecule has 4 rings (SSSR count). The summed E-state index contributed by atoms with van der Waals surface area (Å²) in [5.74, 6) is 0.733. The van der Waals surface area contributed by atoms with Crippen LogP contribution in [0.5, 0.6) is 11.5 Å². The van der Waals surface area contributed by atoms with E-state index >= 15 is 0 Å². The molecule has 1 aromatic heterocycles. The zero-order chi connectivity index (χ0) is 17.7. The van der Waals surface area contributed by atoms with E-state index in [0.717, 1.165) is 5.82 Å². The standard InChI is InChI=1S/C17H17F2N3O3/c1-22-9-8-20-14(22)4-7-21-15(23)16(5-6-16)11-2-3-12-13(10-11)25-17(18,19)24-12/h2-3,8-10H,4-7H2,1H3,(H,21,23). The van der Waals surface area contributed by atoms with Crippen molar-refractivity contribution in [3.63, 3.8) is 0 Å². The zero-order valence-electron chi connectivity index (χ0n) is 13.6. The number of hydrogen-bond donors (Lipinski definition) is 1. The van der Waals surface area contributed by atoms with E-state index < -0.39 is 11.7 Å². The molecule has 2 aliphatic rings. The Kier molecular flexibility index (Phi) is 3.45. The number of fused-ring (bicyclic) bond motifs is 1. The predicted octanol–water partition coefficient (Wildman–Crippen LogP) is 2.13. The van der Waals surface area contributed by atoms with E-state index in [1.54, 1.807) is 12.3 Å². The zero-order valence-corrected chi connectivity index (χ0v) is 13.6. The average Bonchev–Trinajstić information content (AvgIpc) is 3.18. The highest BCUT2D eigenvalue weighted by Gasteiger charge is 2.52. The van der Waals surface area contributed by atoms with Gasteiger partial charge in [0.2, 0.25) is 5.91 Å². The van der Waals surface area contributed by atoms with E-state index in [1.807, 2.05) is 17.8 Å². The number of nitrogens with zero attached hydrogens (tertiary/aromatic N) is 2. The summed E-state index contributed by atoms with van der Waals surface area (Å²) in [6, 6.07) is 4.54. The molecule has 0 atom stereocenters. The second kappa shape index (κ2) is 5.44. The molecule has 1 fully saturated rings. The highest BCUT2D eigenvalue weighted by Crippen LogP contribution is 2.51. The molecule has 8 heteroatoms. The average molecular weight is 349 g/mol. The van der Waals surface area contributed by atoms with Gasteiger partial charge in [-0.2, -0.15) is 0 Å². The van der Waals surface area contributed by atoms with Crippen LogP contribution in [0.1, 0.15) is 24.2 Å². The van der Waals surface area contributed by atoms with Crippen molar-refractivity contribution < 1.29 is 23.0 Å². The minimum atomic E-state index is -3.65. The number of ether oxygens (including phenoxy) is 2. The summed E-state index contributed by atoms with van der Waals surface area (Å²) < 4.78 is 37.1. The maximum absolute atomic E-state index is 13.1. The van der Waals surface area contributed by atoms with Crippen molar-refractivity contribution in [2.75, 3.05) is 6.54 Å². The Morgan fingerprint density at radius 1 is 1.32 bits per heavy atom. The summed E-state index contributed by atoms with van der Waals surface area (Å²) in [5, 5.41) is 2.92. The normalized spacial score (nSPS) is 18.8. The molecule has 1 aliphatic carbocycles. The molecule has 1 saturated carbocycles. The van der Waals surface area contributed by atoms with Crippen LogP contribution in [0.3, 0.4) is 0 Å². The fourth-order valence-electron chi connectivity index (χ4n) is 3.11. The molecule has 0 radical (unpaired) electrons. The van der Waals surface area contributed by atoms with Crippen LogP contribution in [-0.2, 0) is 23.7 Å². The van der Waals surface area contributed by atoms with Crippen molar-refractivity contribution >= 4 is 5.91 Å². The molecular weight excluding hydrogens is 332 g/mol. The first kappa shape index (κ1) is 15.9. The summed E-state index contributed by atoms with van der Waals surface area (Å²) in [6.45, 7) is 0.466. The van der Waals surface area contributed by atoms with Crippen LogP contribution in [0.2, 0.25) is 0 Å². The molecule has 1 aliphatic heterocycles. The largest absolute Gasteiger partial charge is 0.586 e. The maximum atomic E-state index is 13.1. The van der Waals surface area contributed by atoms with Crippen molar-refractivity contribution in [1.82, 2.24) is 14.9 Å². The van der Waals surface area contributed by atoms with Gasteiger partial charge in [-0.05, 0) is 30.5 Å². The quantitative estimate of drug-likeness (QED) is 0.898. The molecule has 2 heterocycles. The molecule has 1 amide bonds. The van der Waals surface area contributed by atoms with Crippen molar-refractivity contribution in [2.24, 2.45) is 7.05 Å². The summed E-state index contributed by atoms with van der Waals surface area (Å²) in [6.07, 6.45) is 1.89. The molecule has 0 bridgehead atoms. The monoisotopic (exact) mass is 349 g/mol. The van der Waals surface area contributed by atoms with Crippen molar-refractivity contribution in [2.45, 2.75) is 31.0 Å². The van der Waals surface area contributed by atoms with Gasteiger partial charge in [-0.3, -0.25) is 4.79 Å². The third kappa shape index (κ3) is 2.81. The van der Waals surface area contributed by atoms with E-state index in [1.165, 1.54) is 12.1 Å². The number of hydrogen-bond acceptors (Lipinski definition) is 4. The number of carbonyl (C=O) groups excluding carboxylic acids is 1. The molecule has 1 aromatic carbocycles. The van der Waals surface area contributed by atoms with E-state index in [0.29, 0.717) is 31.4 Å². The minimum Gasteiger partial charge on any atom is -0.395 e. The number of nitrogens with one attached hydrogen (secondary N) is 1. The molecule has 6 nitrogen and oxygen atoms in total. The molecule has 0 unspecified atom stereocenters. The van der Waals surface area contributed by atoms with Crippen LogP contribution in [0.15, 0.2) is 30.6 Å². The fraction of sp³-hybridized carbons (Fsp3) is 0.412. The number of alkyl halides is 2. The van der Waals surface area contributed by atoms with Gasteiger partial charge in [0.25, 0.3) is 0 Å². The summed E-state index contributed by atoms with van der Waals surface area (Å²) in [5.41, 5.74) is -0.000190. The van der Waals surface area contributed by atoms with Crippen molar-refractivity contribution in [1.29, 1.82) is 0 Å². The van der Waals surface area contributed by atoms with Gasteiger partial charge in [0.1, 0.15) is 5.82 Å². The number of amides is 1. The Labute approximate surface area is 142 Å². The first-order valence-corrected chi connectivity index (χ1v) is 8.04. The van der Waals surface area contributed by atoms with Crippen LogP contribution in [0.4, 0.5) is 8.78 Å². The van der Waals surface area contributed by atoms with E-state index in [-0.39, 0.29) is 17.4 Å². The Morgan fingerprint density at radius 3 is 2.76 bits per heavy atom. The Bertz CT molecular complexity index is 830. The van der Waals surface area contributed by atoms with Crippen LogP contribution in [-0.4, -0.2) is 28.3 Å². The predicted molar refractivity (Wildman–Crippen MR) is 83.5 cm³/mol. The molecule has 0 saturated heterocycles. The Morgan fingerprint density at radius 2 is 2.08 bits per heavy atom. The van der Waals surface area contributed by atoms with Gasteiger partial charge in [-0.1, -0.05) is 6.07 Å². The van der Waals surface area contributed by atoms with Gasteiger partial charge in [0.15, 0.2) is 11.5 Å². The topological polar surface area (TPSA) is 65.4 Å². The highest BCUT2D eigenvalue weighted by molar-refractivity contribution is 5.91.